The molecule has 74 heavy (non-hydrogen) atoms. The molecule has 2 N–H and O–H groups in total. The topological polar surface area (TPSA) is 208 Å². The molecule has 8 amide bonds. The molecule has 0 atom stereocenters. The zero-order chi connectivity index (χ0) is 52.3. The zero-order valence-corrected chi connectivity index (χ0v) is 40.9. The second-order valence-electron chi connectivity index (χ2n) is 18.8. The summed E-state index contributed by atoms with van der Waals surface area (Å²) in [6, 6.07) is 20.0. The Hall–Kier alpha value is -8.84. The van der Waals surface area contributed by atoms with Crippen molar-refractivity contribution in [2.24, 2.45) is 0 Å². The number of nitrogens with zero attached hydrogens (tertiary/aromatic N) is 6. The number of hydrogen-bond acceptors (Lipinski definition) is 11. The molecule has 0 aromatic heterocycles. The van der Waals surface area contributed by atoms with Crippen LogP contribution in [0.25, 0.3) is 22.3 Å². The maximum Gasteiger partial charge on any atom is 0.271 e. The minimum absolute atomic E-state index is 0.0111. The van der Waals surface area contributed by atoms with Gasteiger partial charge in [-0.15, -0.1) is 0 Å². The average molecular weight is 1000 g/mol. The zero-order valence-electron chi connectivity index (χ0n) is 40.9. The highest BCUT2D eigenvalue weighted by Crippen LogP contribution is 2.43. The number of carbonyl (C=O) groups excluding carboxylic acids is 8. The molecule has 0 bridgehead atoms. The van der Waals surface area contributed by atoms with Gasteiger partial charge in [0.05, 0.1) is 49.1 Å². The van der Waals surface area contributed by atoms with Crippen molar-refractivity contribution in [1.29, 1.82) is 0 Å². The van der Waals surface area contributed by atoms with Crippen molar-refractivity contribution in [3.8, 4) is 33.8 Å². The lowest BCUT2D eigenvalue weighted by molar-refractivity contribution is -0.132. The van der Waals surface area contributed by atoms with Gasteiger partial charge in [0.1, 0.15) is 22.9 Å². The number of morpholine rings is 1. The van der Waals surface area contributed by atoms with Crippen LogP contribution < -0.4 is 29.9 Å². The summed E-state index contributed by atoms with van der Waals surface area (Å²) >= 11 is 0. The number of anilines is 2. The quantitative estimate of drug-likeness (QED) is 0.204. The third-order valence-electron chi connectivity index (χ3n) is 14.5. The predicted octanol–water partition coefficient (Wildman–Crippen LogP) is 4.19. The minimum Gasteiger partial charge on any atom is -0.482 e. The standard InChI is InChI=1S/C55H52N8O11/c1-30(56-50(66)32(3)62-26-42-38(8-7-9-39(42)54(62)70)35-10-12-46-44(24-35)58(5)48(64)28-73-46)52(68)60-16-14-34(15-17-60)37-22-40(36-11-13-47-45(25-36)59(6)49(65)29-74-47)43-27-63(55(71)41(43)23-37)33(4)51(67)57-31(2)53(69)61-18-20-72-21-19-61/h7-13,22-25,34H,1-4,14-21,26-29H2,5-6H3,(H,56,66)(H,57,67). The number of likely N-dealkylation sites (N-methyl/N-ethyl adjacent to an activating group) is 2. The maximum atomic E-state index is 14.4. The Balaban J connectivity index is 0.817. The molecule has 0 saturated carbocycles. The van der Waals surface area contributed by atoms with Crippen LogP contribution >= 0.6 is 0 Å². The molecular weight excluding hydrogens is 949 g/mol. The van der Waals surface area contributed by atoms with E-state index in [-0.39, 0.29) is 79.9 Å². The van der Waals surface area contributed by atoms with E-state index in [1.807, 2.05) is 36.4 Å². The molecule has 0 aliphatic carbocycles. The Morgan fingerprint density at radius 2 is 1.03 bits per heavy atom. The Morgan fingerprint density at radius 3 is 1.57 bits per heavy atom. The van der Waals surface area contributed by atoms with Crippen LogP contribution in [0, 0.1) is 0 Å². The highest BCUT2D eigenvalue weighted by molar-refractivity contribution is 6.10. The van der Waals surface area contributed by atoms with Crippen LogP contribution in [0.1, 0.15) is 56.2 Å². The average Bonchev–Trinajstić information content (AvgIpc) is 3.94. The molecule has 2 saturated heterocycles. The van der Waals surface area contributed by atoms with Crippen molar-refractivity contribution < 1.29 is 52.6 Å². The number of piperidine rings is 1. The van der Waals surface area contributed by atoms with E-state index in [1.165, 1.54) is 24.5 Å². The molecule has 4 aromatic carbocycles. The van der Waals surface area contributed by atoms with Gasteiger partial charge in [0, 0.05) is 51.4 Å². The molecule has 0 spiro atoms. The number of hydrogen-bond donors (Lipinski definition) is 2. The lowest BCUT2D eigenvalue weighted by Gasteiger charge is -2.33. The van der Waals surface area contributed by atoms with Crippen LogP contribution in [0.5, 0.6) is 11.5 Å². The fraction of sp³-hybridized carbons (Fsp3) is 0.273. The molecule has 0 radical (unpaired) electrons. The van der Waals surface area contributed by atoms with Crippen LogP contribution in [0.15, 0.2) is 116 Å². The lowest BCUT2D eigenvalue weighted by Crippen LogP contribution is -2.45. The first-order valence-corrected chi connectivity index (χ1v) is 24.0. The summed E-state index contributed by atoms with van der Waals surface area (Å²) in [5.41, 5.74) is 6.13. The van der Waals surface area contributed by atoms with E-state index < -0.39 is 35.4 Å². The lowest BCUT2D eigenvalue weighted by atomic mass is 9.84. The third kappa shape index (κ3) is 8.73. The van der Waals surface area contributed by atoms with E-state index in [9.17, 15) is 38.4 Å². The van der Waals surface area contributed by atoms with E-state index in [0.29, 0.717) is 95.4 Å². The number of benzene rings is 4. The van der Waals surface area contributed by atoms with Crippen LogP contribution in [0.3, 0.4) is 0 Å². The fourth-order valence-corrected chi connectivity index (χ4v) is 10.2. The summed E-state index contributed by atoms with van der Waals surface area (Å²) in [5.74, 6) is -2.88. The molecule has 0 unspecified atom stereocenters. The smallest absolute Gasteiger partial charge is 0.271 e. The first-order chi connectivity index (χ1) is 35.5. The monoisotopic (exact) mass is 1000 g/mol. The molecule has 6 aliphatic rings. The van der Waals surface area contributed by atoms with E-state index in [1.54, 1.807) is 49.3 Å². The number of amides is 8. The molecule has 2 fully saturated rings. The number of carbonyl (C=O) groups is 8. The van der Waals surface area contributed by atoms with Gasteiger partial charge in [0.2, 0.25) is 0 Å². The normalized spacial score (nSPS) is 17.2. The van der Waals surface area contributed by atoms with Gasteiger partial charge in [0.25, 0.3) is 47.3 Å². The number of nitrogens with one attached hydrogen (secondary N) is 2. The second kappa shape index (κ2) is 19.3. The van der Waals surface area contributed by atoms with Gasteiger partial charge in [-0.2, -0.15) is 0 Å². The van der Waals surface area contributed by atoms with Gasteiger partial charge in [-0.25, -0.2) is 0 Å². The van der Waals surface area contributed by atoms with Gasteiger partial charge >= 0.3 is 0 Å². The van der Waals surface area contributed by atoms with Crippen molar-refractivity contribution in [2.75, 3.05) is 76.5 Å². The van der Waals surface area contributed by atoms with Gasteiger partial charge in [0.15, 0.2) is 13.2 Å². The molecule has 6 heterocycles. The Morgan fingerprint density at radius 1 is 0.568 bits per heavy atom. The number of ether oxygens (including phenoxy) is 3. The molecule has 4 aromatic rings. The Bertz CT molecular complexity index is 3220. The van der Waals surface area contributed by atoms with Crippen molar-refractivity contribution in [1.82, 2.24) is 30.2 Å². The molecule has 19 nitrogen and oxygen atoms in total. The third-order valence-corrected chi connectivity index (χ3v) is 14.5. The van der Waals surface area contributed by atoms with Gasteiger partial charge in [-0.05, 0) is 94.1 Å². The SMILES string of the molecule is C=C(NC(=O)C(=C)N1Cc2c(cc(C3CCN(C(=O)C(=C)NC(=O)C(=C)N4Cc5c(cccc5-c5ccc6c(c5)N(C)C(=O)CO6)C4=O)CC3)cc2-c2ccc3c(c2)N(C)C(=O)CO3)C1=O)C(=O)N1CCOCC1. The summed E-state index contributed by atoms with van der Waals surface area (Å²) in [5, 5.41) is 5.08. The molecule has 19 heteroatoms. The number of likely N-dealkylation sites (tertiary alicyclic amines) is 1. The van der Waals surface area contributed by atoms with Crippen molar-refractivity contribution in [3.63, 3.8) is 0 Å². The number of fused-ring (bicyclic) bond motifs is 4. The van der Waals surface area contributed by atoms with E-state index >= 15 is 0 Å². The second-order valence-corrected chi connectivity index (χ2v) is 18.8. The highest BCUT2D eigenvalue weighted by atomic mass is 16.5. The van der Waals surface area contributed by atoms with E-state index in [2.05, 4.69) is 36.9 Å². The summed E-state index contributed by atoms with van der Waals surface area (Å²) in [4.78, 5) is 116. The maximum absolute atomic E-state index is 14.4. The van der Waals surface area contributed by atoms with Crippen molar-refractivity contribution >= 4 is 58.6 Å². The van der Waals surface area contributed by atoms with Crippen LogP contribution in [-0.2, 0) is 46.6 Å². The largest absolute Gasteiger partial charge is 0.482 e. The first kappa shape index (κ1) is 48.8. The summed E-state index contributed by atoms with van der Waals surface area (Å²) < 4.78 is 16.6. The number of rotatable bonds is 11. The van der Waals surface area contributed by atoms with Crippen molar-refractivity contribution in [3.05, 3.63) is 144 Å². The van der Waals surface area contributed by atoms with Crippen molar-refractivity contribution in [2.45, 2.75) is 31.8 Å². The Labute approximate surface area is 425 Å². The van der Waals surface area contributed by atoms with Crippen LogP contribution in [-0.4, -0.2) is 134 Å². The summed E-state index contributed by atoms with van der Waals surface area (Å²) in [6.45, 7) is 17.4. The minimum atomic E-state index is -0.771. The fourth-order valence-electron chi connectivity index (χ4n) is 10.2. The van der Waals surface area contributed by atoms with Gasteiger partial charge in [-0.1, -0.05) is 56.6 Å². The first-order valence-electron chi connectivity index (χ1n) is 24.0. The summed E-state index contributed by atoms with van der Waals surface area (Å²) in [6.07, 6.45) is 0.957. The molecular formula is C55H52N8O11. The van der Waals surface area contributed by atoms with E-state index in [0.717, 1.165) is 16.7 Å². The summed E-state index contributed by atoms with van der Waals surface area (Å²) in [7, 11) is 3.33. The molecule has 378 valence electrons. The van der Waals surface area contributed by atoms with Crippen LogP contribution in [0.4, 0.5) is 11.4 Å². The molecule has 6 aliphatic heterocycles. The highest BCUT2D eigenvalue weighted by Gasteiger charge is 2.38. The van der Waals surface area contributed by atoms with Crippen LogP contribution in [0.2, 0.25) is 0 Å². The predicted molar refractivity (Wildman–Crippen MR) is 270 cm³/mol. The van der Waals surface area contributed by atoms with Gasteiger partial charge < -0.3 is 44.4 Å². The van der Waals surface area contributed by atoms with E-state index in [4.69, 9.17) is 14.2 Å². The Kier molecular flexibility index (Phi) is 12.7. The van der Waals surface area contributed by atoms with Gasteiger partial charge in [-0.3, -0.25) is 48.2 Å². The molecule has 10 rings (SSSR count).